The first-order valence-corrected chi connectivity index (χ1v) is 10.9. The molecular weight excluding hydrogens is 370 g/mol. The van der Waals surface area contributed by atoms with Crippen molar-refractivity contribution in [3.63, 3.8) is 0 Å². The van der Waals surface area contributed by atoms with E-state index >= 15 is 0 Å². The SMILES string of the molecule is O=C(/C=C/c1ccc(S(=O)(=O)N2CCCCCC2)cc1)Nc1nccs1. The quantitative estimate of drug-likeness (QED) is 0.793. The van der Waals surface area contributed by atoms with E-state index in [0.29, 0.717) is 23.1 Å². The average molecular weight is 392 g/mol. The molecule has 1 N–H and O–H groups in total. The van der Waals surface area contributed by atoms with E-state index in [4.69, 9.17) is 0 Å². The van der Waals surface area contributed by atoms with Crippen LogP contribution in [0.4, 0.5) is 5.13 Å². The predicted octanol–water partition coefficient (Wildman–Crippen LogP) is 3.36. The highest BCUT2D eigenvalue weighted by Crippen LogP contribution is 2.21. The van der Waals surface area contributed by atoms with Gasteiger partial charge in [-0.05, 0) is 36.6 Å². The Morgan fingerprint density at radius 2 is 1.81 bits per heavy atom. The summed E-state index contributed by atoms with van der Waals surface area (Å²) in [5, 5.41) is 4.98. The number of amides is 1. The minimum Gasteiger partial charge on any atom is -0.298 e. The van der Waals surface area contributed by atoms with Gasteiger partial charge in [-0.3, -0.25) is 10.1 Å². The molecule has 1 amide bonds. The zero-order valence-electron chi connectivity index (χ0n) is 14.3. The Hall–Kier alpha value is -2.03. The lowest BCUT2D eigenvalue weighted by molar-refractivity contribution is -0.111. The van der Waals surface area contributed by atoms with Crippen molar-refractivity contribution in [2.45, 2.75) is 30.6 Å². The second-order valence-corrected chi connectivity index (χ2v) is 8.88. The van der Waals surface area contributed by atoms with Crippen LogP contribution in [0.3, 0.4) is 0 Å². The number of hydrogen-bond donors (Lipinski definition) is 1. The smallest absolute Gasteiger partial charge is 0.250 e. The maximum absolute atomic E-state index is 12.7. The first-order chi connectivity index (χ1) is 12.6. The van der Waals surface area contributed by atoms with Crippen molar-refractivity contribution in [3.8, 4) is 0 Å². The van der Waals surface area contributed by atoms with E-state index in [9.17, 15) is 13.2 Å². The van der Waals surface area contributed by atoms with E-state index in [-0.39, 0.29) is 5.91 Å². The zero-order valence-corrected chi connectivity index (χ0v) is 15.9. The van der Waals surface area contributed by atoms with Crippen LogP contribution in [0.1, 0.15) is 31.2 Å². The van der Waals surface area contributed by atoms with Crippen LogP contribution in [0, 0.1) is 0 Å². The summed E-state index contributed by atoms with van der Waals surface area (Å²) in [4.78, 5) is 16.1. The number of benzene rings is 1. The molecule has 2 heterocycles. The fourth-order valence-electron chi connectivity index (χ4n) is 2.79. The fraction of sp³-hybridized carbons (Fsp3) is 0.333. The van der Waals surface area contributed by atoms with Crippen LogP contribution in [0.2, 0.25) is 0 Å². The van der Waals surface area contributed by atoms with Crippen LogP contribution < -0.4 is 5.32 Å². The van der Waals surface area contributed by atoms with Crippen molar-refractivity contribution in [2.24, 2.45) is 0 Å². The first-order valence-electron chi connectivity index (χ1n) is 8.54. The zero-order chi connectivity index (χ0) is 18.4. The summed E-state index contributed by atoms with van der Waals surface area (Å²) in [7, 11) is -3.44. The van der Waals surface area contributed by atoms with Gasteiger partial charge in [0.25, 0.3) is 0 Å². The Bertz CT molecular complexity index is 852. The Labute approximate surface area is 157 Å². The largest absolute Gasteiger partial charge is 0.298 e. The molecule has 3 rings (SSSR count). The molecule has 0 spiro atoms. The monoisotopic (exact) mass is 391 g/mol. The Morgan fingerprint density at radius 1 is 1.12 bits per heavy atom. The van der Waals surface area contributed by atoms with Gasteiger partial charge in [-0.25, -0.2) is 13.4 Å². The van der Waals surface area contributed by atoms with Gasteiger partial charge in [0.2, 0.25) is 15.9 Å². The number of thiazole rings is 1. The van der Waals surface area contributed by atoms with E-state index in [0.717, 1.165) is 31.2 Å². The van der Waals surface area contributed by atoms with Gasteiger partial charge in [0.05, 0.1) is 4.90 Å². The topological polar surface area (TPSA) is 79.4 Å². The van der Waals surface area contributed by atoms with Gasteiger partial charge in [0.15, 0.2) is 5.13 Å². The van der Waals surface area contributed by atoms with Gasteiger partial charge in [0.1, 0.15) is 0 Å². The molecule has 138 valence electrons. The Morgan fingerprint density at radius 3 is 2.42 bits per heavy atom. The third-order valence-electron chi connectivity index (χ3n) is 4.17. The second-order valence-electron chi connectivity index (χ2n) is 6.05. The van der Waals surface area contributed by atoms with Crippen LogP contribution in [-0.4, -0.2) is 36.7 Å². The van der Waals surface area contributed by atoms with Crippen molar-refractivity contribution in [1.29, 1.82) is 0 Å². The summed E-state index contributed by atoms with van der Waals surface area (Å²) in [6.07, 6.45) is 8.65. The number of carbonyl (C=O) groups excluding carboxylic acids is 1. The minimum atomic E-state index is -3.44. The van der Waals surface area contributed by atoms with Crippen molar-refractivity contribution in [3.05, 3.63) is 47.5 Å². The van der Waals surface area contributed by atoms with Crippen molar-refractivity contribution >= 4 is 38.5 Å². The Kier molecular flexibility index (Phi) is 6.18. The molecule has 0 unspecified atom stereocenters. The maximum Gasteiger partial charge on any atom is 0.250 e. The molecule has 26 heavy (non-hydrogen) atoms. The molecule has 0 saturated carbocycles. The first kappa shape index (κ1) is 18.8. The number of rotatable bonds is 5. The van der Waals surface area contributed by atoms with Crippen LogP contribution in [0.15, 0.2) is 46.8 Å². The number of sulfonamides is 1. The normalized spacial score (nSPS) is 16.5. The number of carbonyl (C=O) groups is 1. The van der Waals surface area contributed by atoms with E-state index in [1.54, 1.807) is 46.2 Å². The standard InChI is InChI=1S/C18H21N3O3S2/c22-17(20-18-19-11-14-25-18)10-7-15-5-8-16(9-6-15)26(23,24)21-12-3-1-2-4-13-21/h5-11,14H,1-4,12-13H2,(H,19,20,22)/b10-7+. The van der Waals surface area contributed by atoms with Gasteiger partial charge in [0, 0.05) is 30.7 Å². The Balaban J connectivity index is 1.65. The molecule has 1 aliphatic rings. The number of nitrogens with zero attached hydrogens (tertiary/aromatic N) is 2. The highest BCUT2D eigenvalue weighted by Gasteiger charge is 2.24. The molecule has 1 aliphatic heterocycles. The highest BCUT2D eigenvalue weighted by molar-refractivity contribution is 7.89. The van der Waals surface area contributed by atoms with E-state index in [2.05, 4.69) is 10.3 Å². The summed E-state index contributed by atoms with van der Waals surface area (Å²) in [5.74, 6) is -0.277. The average Bonchev–Trinajstić information content (AvgIpc) is 2.98. The second kappa shape index (κ2) is 8.57. The number of aromatic nitrogens is 1. The molecule has 1 aromatic carbocycles. The van der Waals surface area contributed by atoms with E-state index in [1.165, 1.54) is 17.4 Å². The summed E-state index contributed by atoms with van der Waals surface area (Å²) >= 11 is 1.34. The highest BCUT2D eigenvalue weighted by atomic mass is 32.2. The molecule has 1 aromatic heterocycles. The lowest BCUT2D eigenvalue weighted by atomic mass is 10.2. The molecule has 0 aliphatic carbocycles. The fourth-order valence-corrected chi connectivity index (χ4v) is 4.84. The van der Waals surface area contributed by atoms with Crippen LogP contribution in [0.25, 0.3) is 6.08 Å². The molecule has 6 nitrogen and oxygen atoms in total. The molecule has 0 radical (unpaired) electrons. The molecule has 0 atom stereocenters. The maximum atomic E-state index is 12.7. The number of anilines is 1. The third-order valence-corrected chi connectivity index (χ3v) is 6.77. The van der Waals surface area contributed by atoms with Crippen molar-refractivity contribution in [1.82, 2.24) is 9.29 Å². The third kappa shape index (κ3) is 4.78. The molecule has 0 bridgehead atoms. The van der Waals surface area contributed by atoms with Crippen molar-refractivity contribution < 1.29 is 13.2 Å². The lowest BCUT2D eigenvalue weighted by Gasteiger charge is -2.19. The van der Waals surface area contributed by atoms with Crippen LogP contribution in [0.5, 0.6) is 0 Å². The van der Waals surface area contributed by atoms with Gasteiger partial charge < -0.3 is 0 Å². The molecule has 1 fully saturated rings. The lowest BCUT2D eigenvalue weighted by Crippen LogP contribution is -2.31. The van der Waals surface area contributed by atoms with E-state index < -0.39 is 10.0 Å². The summed E-state index contributed by atoms with van der Waals surface area (Å²) in [6, 6.07) is 6.60. The molecule has 8 heteroatoms. The number of hydrogen-bond acceptors (Lipinski definition) is 5. The van der Waals surface area contributed by atoms with Crippen LogP contribution in [-0.2, 0) is 14.8 Å². The van der Waals surface area contributed by atoms with Crippen LogP contribution >= 0.6 is 11.3 Å². The predicted molar refractivity (Wildman–Crippen MR) is 103 cm³/mol. The minimum absolute atomic E-state index is 0.277. The summed E-state index contributed by atoms with van der Waals surface area (Å²) in [5.41, 5.74) is 0.758. The molecular formula is C18H21N3O3S2. The van der Waals surface area contributed by atoms with Gasteiger partial charge >= 0.3 is 0 Å². The van der Waals surface area contributed by atoms with E-state index in [1.807, 2.05) is 0 Å². The van der Waals surface area contributed by atoms with Gasteiger partial charge in [-0.2, -0.15) is 4.31 Å². The van der Waals surface area contributed by atoms with Gasteiger partial charge in [-0.1, -0.05) is 25.0 Å². The molecule has 2 aromatic rings. The summed E-state index contributed by atoms with van der Waals surface area (Å²) in [6.45, 7) is 1.17. The van der Waals surface area contributed by atoms with Crippen molar-refractivity contribution in [2.75, 3.05) is 18.4 Å². The number of nitrogens with one attached hydrogen (secondary N) is 1. The van der Waals surface area contributed by atoms with Gasteiger partial charge in [-0.15, -0.1) is 11.3 Å². The summed E-state index contributed by atoms with van der Waals surface area (Å²) < 4.78 is 27.0. The molecule has 1 saturated heterocycles.